The first-order chi connectivity index (χ1) is 7.95. The fourth-order valence-electron chi connectivity index (χ4n) is 1.32. The second-order valence-corrected chi connectivity index (χ2v) is 12.8. The van der Waals surface area contributed by atoms with Crippen LogP contribution in [0.3, 0.4) is 0 Å². The number of hydrogen-bond acceptors (Lipinski definition) is 6. The van der Waals surface area contributed by atoms with Crippen molar-refractivity contribution in [2.45, 2.75) is 27.5 Å². The van der Waals surface area contributed by atoms with E-state index >= 15 is 0 Å². The first-order valence-corrected chi connectivity index (χ1v) is 17.6. The van der Waals surface area contributed by atoms with Gasteiger partial charge in [0.25, 0.3) is 0 Å². The third-order valence-electron chi connectivity index (χ3n) is 2.32. The molecule has 6 nitrogen and oxygen atoms in total. The van der Waals surface area contributed by atoms with E-state index in [1.165, 1.54) is 13.8 Å². The van der Waals surface area contributed by atoms with Crippen molar-refractivity contribution in [3.8, 4) is 0 Å². The molecule has 0 aromatic heterocycles. The first-order valence-electron chi connectivity index (χ1n) is 5.33. The zero-order chi connectivity index (χ0) is 13.3. The van der Waals surface area contributed by atoms with E-state index in [1.54, 1.807) is 14.2 Å². The van der Waals surface area contributed by atoms with Crippen LogP contribution >= 0.6 is 0 Å². The minimum atomic E-state index is -1.76. The third-order valence-corrected chi connectivity index (χ3v) is 14.6. The predicted molar refractivity (Wildman–Crippen MR) is 49.9 cm³/mol. The summed E-state index contributed by atoms with van der Waals surface area (Å²) in [5.41, 5.74) is 0. The van der Waals surface area contributed by atoms with Gasteiger partial charge < -0.3 is 0 Å². The summed E-state index contributed by atoms with van der Waals surface area (Å²) in [7, 11) is 3.12. The fraction of sp³-hybridized carbons (Fsp3) is 0.778. The van der Waals surface area contributed by atoms with Crippen LogP contribution in [0, 0.1) is 0 Å². The van der Waals surface area contributed by atoms with E-state index in [0.717, 1.165) is 0 Å². The summed E-state index contributed by atoms with van der Waals surface area (Å²) >= 11 is -3.52. The molecule has 0 aromatic carbocycles. The molecule has 0 aliphatic heterocycles. The number of rotatable bonds is 8. The van der Waals surface area contributed by atoms with E-state index in [1.807, 2.05) is 0 Å². The molecule has 0 aromatic rings. The van der Waals surface area contributed by atoms with E-state index in [4.69, 9.17) is 14.8 Å². The van der Waals surface area contributed by atoms with Crippen molar-refractivity contribution in [2.75, 3.05) is 14.2 Å². The fourth-order valence-corrected chi connectivity index (χ4v) is 19.4. The Morgan fingerprint density at radius 1 is 0.941 bits per heavy atom. The van der Waals surface area contributed by atoms with Gasteiger partial charge in [0.15, 0.2) is 0 Å². The van der Waals surface area contributed by atoms with Crippen LogP contribution in [0.25, 0.3) is 0 Å². The number of ether oxygens (including phenoxy) is 2. The van der Waals surface area contributed by atoms with Gasteiger partial charge in [0, 0.05) is 0 Å². The van der Waals surface area contributed by atoms with Gasteiger partial charge in [0.05, 0.1) is 0 Å². The molecular formula is C9H16Hg2O6. The Balaban J connectivity index is 4.14. The van der Waals surface area contributed by atoms with Crippen molar-refractivity contribution in [3.05, 3.63) is 0 Å². The van der Waals surface area contributed by atoms with Crippen LogP contribution in [0.4, 0.5) is 0 Å². The van der Waals surface area contributed by atoms with Crippen molar-refractivity contribution in [3.63, 3.8) is 0 Å². The Morgan fingerprint density at radius 3 is 1.53 bits per heavy atom. The molecule has 0 unspecified atom stereocenters. The SMILES string of the molecule is COC([CH2][Hg][O]C(C)=O)([CH2][Hg][O]C(C)=O)OC. The quantitative estimate of drug-likeness (QED) is 0.297. The molecule has 0 amide bonds. The average molecular weight is 621 g/mol. The zero-order valence-corrected chi connectivity index (χ0v) is 21.8. The van der Waals surface area contributed by atoms with Crippen LogP contribution in [-0.2, 0) is 74.4 Å². The second-order valence-electron chi connectivity index (χ2n) is 3.50. The van der Waals surface area contributed by atoms with E-state index in [-0.39, 0.29) is 11.9 Å². The van der Waals surface area contributed by atoms with E-state index < -0.39 is 55.8 Å². The van der Waals surface area contributed by atoms with Crippen LogP contribution in [0.1, 0.15) is 13.8 Å². The Kier molecular flexibility index (Phi) is 10.0. The Hall–Kier alpha value is 0.730. The van der Waals surface area contributed by atoms with Crippen molar-refractivity contribution in [1.29, 1.82) is 0 Å². The van der Waals surface area contributed by atoms with Crippen LogP contribution in [-0.4, -0.2) is 31.9 Å². The third kappa shape index (κ3) is 8.45. The van der Waals surface area contributed by atoms with Crippen LogP contribution in [0.2, 0.25) is 7.86 Å². The normalized spacial score (nSPS) is 10.1. The van der Waals surface area contributed by atoms with Gasteiger partial charge in [-0.1, -0.05) is 0 Å². The first kappa shape index (κ1) is 17.7. The van der Waals surface area contributed by atoms with E-state index in [9.17, 15) is 9.59 Å². The second kappa shape index (κ2) is 9.63. The summed E-state index contributed by atoms with van der Waals surface area (Å²) in [4.78, 5) is 21.4. The van der Waals surface area contributed by atoms with Crippen LogP contribution in [0.5, 0.6) is 0 Å². The Bertz CT molecular complexity index is 232. The van der Waals surface area contributed by atoms with E-state index in [0.29, 0.717) is 7.86 Å². The van der Waals surface area contributed by atoms with Gasteiger partial charge in [-0.05, 0) is 0 Å². The average Bonchev–Trinajstić information content (AvgIpc) is 2.26. The maximum atomic E-state index is 10.7. The molecule has 0 fully saturated rings. The summed E-state index contributed by atoms with van der Waals surface area (Å²) in [5.74, 6) is -1.18. The molecule has 0 aliphatic carbocycles. The molecule has 0 rings (SSSR count). The maximum absolute atomic E-state index is 10.7. The number of carbonyl (C=O) groups excluding carboxylic acids is 2. The summed E-state index contributed by atoms with van der Waals surface area (Å²) in [5, 5.41) is 0. The van der Waals surface area contributed by atoms with Gasteiger partial charge in [-0.15, -0.1) is 0 Å². The number of hydrogen-bond donors (Lipinski definition) is 0. The van der Waals surface area contributed by atoms with Gasteiger partial charge in [-0.25, -0.2) is 0 Å². The summed E-state index contributed by atoms with van der Waals surface area (Å²) < 4.78 is 22.2. The molecule has 92 valence electrons. The molecular weight excluding hydrogens is 605 g/mol. The molecule has 0 saturated carbocycles. The molecule has 0 heterocycles. The molecule has 0 atom stereocenters. The Morgan fingerprint density at radius 2 is 1.29 bits per heavy atom. The van der Waals surface area contributed by atoms with Gasteiger partial charge in [0.2, 0.25) is 0 Å². The van der Waals surface area contributed by atoms with Crippen molar-refractivity contribution in [2.24, 2.45) is 0 Å². The topological polar surface area (TPSA) is 71.1 Å². The van der Waals surface area contributed by atoms with E-state index in [2.05, 4.69) is 0 Å². The molecule has 17 heavy (non-hydrogen) atoms. The van der Waals surface area contributed by atoms with Gasteiger partial charge in [-0.2, -0.15) is 0 Å². The molecule has 8 heteroatoms. The number of carbonyl (C=O) groups is 2. The minimum absolute atomic E-state index is 0.239. The molecule has 0 radical (unpaired) electrons. The molecule has 0 bridgehead atoms. The Labute approximate surface area is 127 Å². The standard InChI is InChI=1S/C5H10O2.2C2H4O2.2Hg/c1-5(2,6-3)7-4;2*1-2(3)4;;/h1-2H2,3-4H3;2*1H3,(H,3,4);;/q;;;2*+1/p-2. The number of methoxy groups -OCH3 is 2. The van der Waals surface area contributed by atoms with Gasteiger partial charge in [-0.3, -0.25) is 0 Å². The van der Waals surface area contributed by atoms with Crippen molar-refractivity contribution < 1.29 is 74.4 Å². The zero-order valence-electron chi connectivity index (χ0n) is 10.8. The van der Waals surface area contributed by atoms with Crippen LogP contribution < -0.4 is 0 Å². The molecule has 0 spiro atoms. The van der Waals surface area contributed by atoms with Crippen molar-refractivity contribution >= 4 is 11.9 Å². The monoisotopic (exact) mass is 624 g/mol. The molecule has 0 aliphatic rings. The summed E-state index contributed by atoms with van der Waals surface area (Å²) in [6.45, 7) is 2.81. The van der Waals surface area contributed by atoms with Crippen molar-refractivity contribution in [1.82, 2.24) is 0 Å². The summed E-state index contributed by atoms with van der Waals surface area (Å²) in [6.07, 6.45) is 0. The molecule has 0 saturated heterocycles. The van der Waals surface area contributed by atoms with Gasteiger partial charge in [0.1, 0.15) is 0 Å². The molecule has 0 N–H and O–H groups in total. The predicted octanol–water partition coefficient (Wildman–Crippen LogP) is 0.933. The van der Waals surface area contributed by atoms with Gasteiger partial charge >= 0.3 is 128 Å². The summed E-state index contributed by atoms with van der Waals surface area (Å²) in [6, 6.07) is 0. The van der Waals surface area contributed by atoms with Crippen LogP contribution in [0.15, 0.2) is 0 Å².